The third-order valence-electron chi connectivity index (χ3n) is 4.62. The number of benzene rings is 1. The van der Waals surface area contributed by atoms with Crippen molar-refractivity contribution in [3.05, 3.63) is 24.3 Å². The van der Waals surface area contributed by atoms with Gasteiger partial charge in [-0.1, -0.05) is 27.7 Å². The van der Waals surface area contributed by atoms with Gasteiger partial charge in [-0.05, 0) is 43.0 Å². The number of carbonyl (C=O) groups is 2. The summed E-state index contributed by atoms with van der Waals surface area (Å²) < 4.78 is 0. The highest BCUT2D eigenvalue weighted by Gasteiger charge is 2.20. The third-order valence-corrected chi connectivity index (χ3v) is 4.62. The molecule has 5 heteroatoms. The first-order valence-corrected chi connectivity index (χ1v) is 9.19. The zero-order chi connectivity index (χ0) is 18.4. The summed E-state index contributed by atoms with van der Waals surface area (Å²) in [5, 5.41) is 5.67. The molecule has 0 aromatic heterocycles. The zero-order valence-corrected chi connectivity index (χ0v) is 15.9. The van der Waals surface area contributed by atoms with Crippen molar-refractivity contribution in [3.63, 3.8) is 0 Å². The Morgan fingerprint density at radius 3 is 2.28 bits per heavy atom. The van der Waals surface area contributed by atoms with E-state index in [1.165, 1.54) is 18.5 Å². The van der Waals surface area contributed by atoms with Crippen LogP contribution in [-0.2, 0) is 9.59 Å². The van der Waals surface area contributed by atoms with E-state index in [9.17, 15) is 9.59 Å². The Bertz CT molecular complexity index is 582. The summed E-state index contributed by atoms with van der Waals surface area (Å²) in [6, 6.07) is 8.01. The lowest BCUT2D eigenvalue weighted by atomic mass is 9.96. The standard InChI is InChI=1S/C20H31N3O2/c1-15-10-13-23(14-11-15)17-7-5-16(6-8-17)22-18(24)9-12-21-19(25)20(2,3)4/h5-8,15H,9-14H2,1-4H3,(H,21,25)(H,22,24). The number of piperidine rings is 1. The molecule has 1 saturated heterocycles. The molecule has 25 heavy (non-hydrogen) atoms. The van der Waals surface area contributed by atoms with E-state index in [-0.39, 0.29) is 18.2 Å². The predicted octanol–water partition coefficient (Wildman–Crippen LogP) is 3.41. The van der Waals surface area contributed by atoms with Gasteiger partial charge in [0.1, 0.15) is 0 Å². The fourth-order valence-corrected chi connectivity index (χ4v) is 2.80. The smallest absolute Gasteiger partial charge is 0.226 e. The predicted molar refractivity (Wildman–Crippen MR) is 103 cm³/mol. The fraction of sp³-hybridized carbons (Fsp3) is 0.600. The van der Waals surface area contributed by atoms with E-state index in [1.54, 1.807) is 0 Å². The minimum Gasteiger partial charge on any atom is -0.372 e. The fourth-order valence-electron chi connectivity index (χ4n) is 2.80. The van der Waals surface area contributed by atoms with Crippen LogP contribution in [0.3, 0.4) is 0 Å². The van der Waals surface area contributed by atoms with E-state index in [1.807, 2.05) is 32.9 Å². The van der Waals surface area contributed by atoms with Gasteiger partial charge in [0, 0.05) is 42.8 Å². The largest absolute Gasteiger partial charge is 0.372 e. The van der Waals surface area contributed by atoms with Crippen LogP contribution in [0.25, 0.3) is 0 Å². The Hall–Kier alpha value is -2.04. The van der Waals surface area contributed by atoms with Gasteiger partial charge in [0.15, 0.2) is 0 Å². The third kappa shape index (κ3) is 6.07. The maximum atomic E-state index is 12.0. The van der Waals surface area contributed by atoms with Crippen LogP contribution in [-0.4, -0.2) is 31.4 Å². The monoisotopic (exact) mass is 345 g/mol. The number of nitrogens with zero attached hydrogens (tertiary/aromatic N) is 1. The molecule has 1 aliphatic rings. The van der Waals surface area contributed by atoms with Crippen molar-refractivity contribution < 1.29 is 9.59 Å². The SMILES string of the molecule is CC1CCN(c2ccc(NC(=O)CCNC(=O)C(C)(C)C)cc2)CC1. The maximum absolute atomic E-state index is 12.0. The molecule has 0 unspecified atom stereocenters. The van der Waals surface area contributed by atoms with Crippen LogP contribution < -0.4 is 15.5 Å². The molecule has 138 valence electrons. The molecule has 0 spiro atoms. The number of amides is 2. The molecule has 1 aromatic rings. The first kappa shape index (κ1) is 19.3. The van der Waals surface area contributed by atoms with Gasteiger partial charge in [0.25, 0.3) is 0 Å². The molecule has 1 fully saturated rings. The minimum absolute atomic E-state index is 0.0412. The van der Waals surface area contributed by atoms with Crippen molar-refractivity contribution in [1.82, 2.24) is 5.32 Å². The van der Waals surface area contributed by atoms with E-state index >= 15 is 0 Å². The minimum atomic E-state index is -0.432. The van der Waals surface area contributed by atoms with E-state index in [0.717, 1.165) is 24.7 Å². The number of anilines is 2. The van der Waals surface area contributed by atoms with Crippen LogP contribution in [0.4, 0.5) is 11.4 Å². The number of rotatable bonds is 5. The molecule has 2 amide bonds. The molecule has 0 atom stereocenters. The highest BCUT2D eigenvalue weighted by atomic mass is 16.2. The van der Waals surface area contributed by atoms with Crippen LogP contribution in [0.5, 0.6) is 0 Å². The second-order valence-electron chi connectivity index (χ2n) is 8.02. The molecular weight excluding hydrogens is 314 g/mol. The molecule has 1 aromatic carbocycles. The van der Waals surface area contributed by atoms with Crippen LogP contribution in [0, 0.1) is 11.3 Å². The average molecular weight is 345 g/mol. The molecule has 1 aliphatic heterocycles. The lowest BCUT2D eigenvalue weighted by Crippen LogP contribution is -2.36. The van der Waals surface area contributed by atoms with Gasteiger partial charge in [0.05, 0.1) is 0 Å². The normalized spacial score (nSPS) is 15.8. The number of carbonyl (C=O) groups excluding carboxylic acids is 2. The van der Waals surface area contributed by atoms with E-state index < -0.39 is 5.41 Å². The van der Waals surface area contributed by atoms with Crippen molar-refractivity contribution in [3.8, 4) is 0 Å². The molecule has 1 heterocycles. The Morgan fingerprint density at radius 1 is 1.12 bits per heavy atom. The van der Waals surface area contributed by atoms with Gasteiger partial charge in [-0.2, -0.15) is 0 Å². The topological polar surface area (TPSA) is 61.4 Å². The lowest BCUT2D eigenvalue weighted by Gasteiger charge is -2.32. The lowest BCUT2D eigenvalue weighted by molar-refractivity contribution is -0.128. The van der Waals surface area contributed by atoms with Crippen molar-refractivity contribution in [2.24, 2.45) is 11.3 Å². The van der Waals surface area contributed by atoms with Crippen molar-refractivity contribution in [1.29, 1.82) is 0 Å². The molecule has 0 saturated carbocycles. The molecule has 0 radical (unpaired) electrons. The zero-order valence-electron chi connectivity index (χ0n) is 15.9. The summed E-state index contributed by atoms with van der Waals surface area (Å²) in [6.45, 7) is 10.4. The maximum Gasteiger partial charge on any atom is 0.226 e. The molecule has 5 nitrogen and oxygen atoms in total. The first-order valence-electron chi connectivity index (χ1n) is 9.19. The number of hydrogen-bond donors (Lipinski definition) is 2. The summed E-state index contributed by atoms with van der Waals surface area (Å²) in [5.74, 6) is 0.683. The Balaban J connectivity index is 1.77. The summed E-state index contributed by atoms with van der Waals surface area (Å²) >= 11 is 0. The number of nitrogens with one attached hydrogen (secondary N) is 2. The highest BCUT2D eigenvalue weighted by molar-refractivity contribution is 5.91. The van der Waals surface area contributed by atoms with Gasteiger partial charge < -0.3 is 15.5 Å². The van der Waals surface area contributed by atoms with Crippen molar-refractivity contribution in [2.45, 2.75) is 47.0 Å². The van der Waals surface area contributed by atoms with Crippen LogP contribution in [0.2, 0.25) is 0 Å². The first-order chi connectivity index (χ1) is 11.8. The second-order valence-corrected chi connectivity index (χ2v) is 8.02. The van der Waals surface area contributed by atoms with E-state index in [2.05, 4.69) is 34.6 Å². The van der Waals surface area contributed by atoms with Crippen molar-refractivity contribution in [2.75, 3.05) is 29.9 Å². The van der Waals surface area contributed by atoms with Gasteiger partial charge in [0.2, 0.25) is 11.8 Å². The summed E-state index contributed by atoms with van der Waals surface area (Å²) in [4.78, 5) is 26.2. The Labute approximate surface area is 151 Å². The Kier molecular flexibility index (Phi) is 6.45. The average Bonchev–Trinajstić information content (AvgIpc) is 2.55. The molecule has 2 N–H and O–H groups in total. The molecule has 2 rings (SSSR count). The summed E-state index contributed by atoms with van der Waals surface area (Å²) in [7, 11) is 0. The van der Waals surface area contributed by atoms with E-state index in [0.29, 0.717) is 6.54 Å². The van der Waals surface area contributed by atoms with E-state index in [4.69, 9.17) is 0 Å². The van der Waals surface area contributed by atoms with Crippen LogP contribution >= 0.6 is 0 Å². The van der Waals surface area contributed by atoms with Gasteiger partial charge >= 0.3 is 0 Å². The highest BCUT2D eigenvalue weighted by Crippen LogP contribution is 2.24. The van der Waals surface area contributed by atoms with Gasteiger partial charge in [-0.25, -0.2) is 0 Å². The van der Waals surface area contributed by atoms with Gasteiger partial charge in [-0.15, -0.1) is 0 Å². The summed E-state index contributed by atoms with van der Waals surface area (Å²) in [5.41, 5.74) is 1.57. The quantitative estimate of drug-likeness (QED) is 0.860. The second kappa shape index (κ2) is 8.37. The van der Waals surface area contributed by atoms with Crippen LogP contribution in [0.1, 0.15) is 47.0 Å². The number of hydrogen-bond acceptors (Lipinski definition) is 3. The molecule has 0 bridgehead atoms. The molecule has 0 aliphatic carbocycles. The molecular formula is C20H31N3O2. The Morgan fingerprint density at radius 2 is 1.72 bits per heavy atom. The summed E-state index contributed by atoms with van der Waals surface area (Å²) in [6.07, 6.45) is 2.74. The van der Waals surface area contributed by atoms with Crippen molar-refractivity contribution >= 4 is 23.2 Å². The van der Waals surface area contributed by atoms with Crippen LogP contribution in [0.15, 0.2) is 24.3 Å². The van der Waals surface area contributed by atoms with Gasteiger partial charge in [-0.3, -0.25) is 9.59 Å².